The number of likely N-dealkylation sites (N-methyl/N-ethyl adjacent to an activating group) is 1. The molecule has 0 amide bonds. The summed E-state index contributed by atoms with van der Waals surface area (Å²) in [6.07, 6.45) is 6.44. The molecular weight excluding hydrogens is 148 g/mol. The van der Waals surface area contributed by atoms with Crippen LogP contribution in [0.2, 0.25) is 0 Å². The molecule has 12 heavy (non-hydrogen) atoms. The second-order valence-electron chi connectivity index (χ2n) is 3.92. The molecule has 0 aromatic heterocycles. The van der Waals surface area contributed by atoms with Crippen LogP contribution >= 0.6 is 0 Å². The SMILES string of the molecule is CN1CCC=C(N2CCCC2)C1. The van der Waals surface area contributed by atoms with Crippen LogP contribution in [0.5, 0.6) is 0 Å². The maximum Gasteiger partial charge on any atom is 0.0377 e. The second-order valence-corrected chi connectivity index (χ2v) is 3.92. The van der Waals surface area contributed by atoms with Gasteiger partial charge in [0.1, 0.15) is 0 Å². The Kier molecular flexibility index (Phi) is 2.35. The Hall–Kier alpha value is -0.500. The first kappa shape index (κ1) is 8.11. The van der Waals surface area contributed by atoms with Gasteiger partial charge in [0.2, 0.25) is 0 Å². The van der Waals surface area contributed by atoms with Gasteiger partial charge in [-0.2, -0.15) is 0 Å². The minimum absolute atomic E-state index is 1.17. The first-order valence-corrected chi connectivity index (χ1v) is 4.99. The zero-order chi connectivity index (χ0) is 8.39. The molecule has 0 unspecified atom stereocenters. The lowest BCUT2D eigenvalue weighted by atomic mass is 10.2. The average molecular weight is 166 g/mol. The Morgan fingerprint density at radius 2 is 1.92 bits per heavy atom. The molecule has 2 rings (SSSR count). The molecule has 0 radical (unpaired) electrons. The minimum Gasteiger partial charge on any atom is -0.374 e. The maximum atomic E-state index is 2.55. The van der Waals surface area contributed by atoms with Gasteiger partial charge in [-0.3, -0.25) is 0 Å². The van der Waals surface area contributed by atoms with Gasteiger partial charge < -0.3 is 9.80 Å². The molecule has 0 spiro atoms. The average Bonchev–Trinajstić information content (AvgIpc) is 2.56. The lowest BCUT2D eigenvalue weighted by Gasteiger charge is -2.29. The molecule has 0 saturated carbocycles. The van der Waals surface area contributed by atoms with Crippen molar-refractivity contribution < 1.29 is 0 Å². The van der Waals surface area contributed by atoms with E-state index in [1.807, 2.05) is 0 Å². The summed E-state index contributed by atoms with van der Waals surface area (Å²) >= 11 is 0. The zero-order valence-corrected chi connectivity index (χ0v) is 7.92. The standard InChI is InChI=1S/C10H18N2/c1-11-6-4-5-10(9-11)12-7-2-3-8-12/h5H,2-4,6-9H2,1H3. The molecule has 1 saturated heterocycles. The molecule has 2 nitrogen and oxygen atoms in total. The Balaban J connectivity index is 1.97. The predicted octanol–water partition coefficient (Wildman–Crippen LogP) is 1.30. The molecule has 2 aliphatic rings. The summed E-state index contributed by atoms with van der Waals surface area (Å²) in [5.41, 5.74) is 1.57. The van der Waals surface area contributed by atoms with Crippen molar-refractivity contribution in [3.8, 4) is 0 Å². The number of nitrogens with zero attached hydrogens (tertiary/aromatic N) is 2. The fraction of sp³-hybridized carbons (Fsp3) is 0.800. The largest absolute Gasteiger partial charge is 0.374 e. The van der Waals surface area contributed by atoms with Gasteiger partial charge in [0.15, 0.2) is 0 Å². The van der Waals surface area contributed by atoms with Gasteiger partial charge in [-0.25, -0.2) is 0 Å². The quantitative estimate of drug-likeness (QED) is 0.579. The van der Waals surface area contributed by atoms with Crippen LogP contribution in [0.15, 0.2) is 11.8 Å². The van der Waals surface area contributed by atoms with Gasteiger partial charge in [0.25, 0.3) is 0 Å². The van der Waals surface area contributed by atoms with Crippen LogP contribution in [-0.2, 0) is 0 Å². The van der Waals surface area contributed by atoms with Crippen LogP contribution in [0.25, 0.3) is 0 Å². The van der Waals surface area contributed by atoms with Gasteiger partial charge in [-0.05, 0) is 26.3 Å². The normalized spacial score (nSPS) is 26.1. The van der Waals surface area contributed by atoms with Crippen molar-refractivity contribution in [3.63, 3.8) is 0 Å². The van der Waals surface area contributed by atoms with Crippen molar-refractivity contribution in [2.24, 2.45) is 0 Å². The first-order valence-electron chi connectivity index (χ1n) is 4.99. The maximum absolute atomic E-state index is 2.55. The van der Waals surface area contributed by atoms with E-state index in [9.17, 15) is 0 Å². The molecule has 0 atom stereocenters. The van der Waals surface area contributed by atoms with Crippen LogP contribution in [0.3, 0.4) is 0 Å². The first-order chi connectivity index (χ1) is 5.86. The molecule has 2 aliphatic heterocycles. The summed E-state index contributed by atoms with van der Waals surface area (Å²) in [6.45, 7) is 4.98. The molecule has 0 aromatic rings. The lowest BCUT2D eigenvalue weighted by Crippen LogP contribution is -2.33. The van der Waals surface area contributed by atoms with Gasteiger partial charge in [0.05, 0.1) is 0 Å². The van der Waals surface area contributed by atoms with E-state index in [0.29, 0.717) is 0 Å². The third kappa shape index (κ3) is 1.63. The monoisotopic (exact) mass is 166 g/mol. The van der Waals surface area contributed by atoms with Crippen molar-refractivity contribution in [1.82, 2.24) is 9.80 Å². The number of likely N-dealkylation sites (tertiary alicyclic amines) is 1. The summed E-state index contributed by atoms with van der Waals surface area (Å²) in [4.78, 5) is 4.96. The van der Waals surface area contributed by atoms with Gasteiger partial charge in [0, 0.05) is 31.9 Å². The van der Waals surface area contributed by atoms with E-state index in [1.165, 1.54) is 45.4 Å². The van der Waals surface area contributed by atoms with Crippen molar-refractivity contribution in [3.05, 3.63) is 11.8 Å². The van der Waals surface area contributed by atoms with E-state index in [-0.39, 0.29) is 0 Å². The van der Waals surface area contributed by atoms with Gasteiger partial charge in [-0.1, -0.05) is 6.08 Å². The molecule has 1 fully saturated rings. The molecule has 2 heteroatoms. The fourth-order valence-electron chi connectivity index (χ4n) is 2.11. The third-order valence-corrected chi connectivity index (χ3v) is 2.83. The molecule has 0 aliphatic carbocycles. The van der Waals surface area contributed by atoms with Crippen LogP contribution in [0, 0.1) is 0 Å². The molecule has 68 valence electrons. The third-order valence-electron chi connectivity index (χ3n) is 2.83. The van der Waals surface area contributed by atoms with E-state index >= 15 is 0 Å². The molecule has 0 N–H and O–H groups in total. The van der Waals surface area contributed by atoms with Crippen molar-refractivity contribution in [2.45, 2.75) is 19.3 Å². The number of hydrogen-bond acceptors (Lipinski definition) is 2. The van der Waals surface area contributed by atoms with Gasteiger partial charge >= 0.3 is 0 Å². The molecule has 0 aromatic carbocycles. The van der Waals surface area contributed by atoms with Crippen LogP contribution in [-0.4, -0.2) is 43.0 Å². The molecule has 2 heterocycles. The minimum atomic E-state index is 1.17. The van der Waals surface area contributed by atoms with Gasteiger partial charge in [-0.15, -0.1) is 0 Å². The van der Waals surface area contributed by atoms with E-state index in [0.717, 1.165) is 0 Å². The molecular formula is C10H18N2. The summed E-state index contributed by atoms with van der Waals surface area (Å²) in [7, 11) is 2.21. The van der Waals surface area contributed by atoms with Crippen LogP contribution < -0.4 is 0 Å². The van der Waals surface area contributed by atoms with E-state index in [1.54, 1.807) is 5.70 Å². The highest BCUT2D eigenvalue weighted by molar-refractivity contribution is 5.08. The summed E-state index contributed by atoms with van der Waals surface area (Å²) < 4.78 is 0. The fourth-order valence-corrected chi connectivity index (χ4v) is 2.11. The topological polar surface area (TPSA) is 6.48 Å². The van der Waals surface area contributed by atoms with E-state index in [4.69, 9.17) is 0 Å². The van der Waals surface area contributed by atoms with Crippen molar-refractivity contribution in [2.75, 3.05) is 33.2 Å². The summed E-state index contributed by atoms with van der Waals surface area (Å²) in [5.74, 6) is 0. The zero-order valence-electron chi connectivity index (χ0n) is 7.92. The predicted molar refractivity (Wildman–Crippen MR) is 51.0 cm³/mol. The Bertz CT molecular complexity index is 180. The van der Waals surface area contributed by atoms with Crippen LogP contribution in [0.1, 0.15) is 19.3 Å². The number of rotatable bonds is 1. The smallest absolute Gasteiger partial charge is 0.0377 e. The van der Waals surface area contributed by atoms with E-state index in [2.05, 4.69) is 22.9 Å². The van der Waals surface area contributed by atoms with Crippen molar-refractivity contribution in [1.29, 1.82) is 0 Å². The molecule has 0 bridgehead atoms. The highest BCUT2D eigenvalue weighted by Crippen LogP contribution is 2.18. The summed E-state index contributed by atoms with van der Waals surface area (Å²) in [5, 5.41) is 0. The number of hydrogen-bond donors (Lipinski definition) is 0. The van der Waals surface area contributed by atoms with Crippen molar-refractivity contribution >= 4 is 0 Å². The highest BCUT2D eigenvalue weighted by Gasteiger charge is 2.17. The van der Waals surface area contributed by atoms with Crippen LogP contribution in [0.4, 0.5) is 0 Å². The Morgan fingerprint density at radius 1 is 1.17 bits per heavy atom. The van der Waals surface area contributed by atoms with E-state index < -0.39 is 0 Å². The highest BCUT2D eigenvalue weighted by atomic mass is 15.2. The Morgan fingerprint density at radius 3 is 2.58 bits per heavy atom. The Labute approximate surface area is 74.8 Å². The lowest BCUT2D eigenvalue weighted by molar-refractivity contribution is 0.294. The summed E-state index contributed by atoms with van der Waals surface area (Å²) in [6, 6.07) is 0. The second kappa shape index (κ2) is 3.48.